The van der Waals surface area contributed by atoms with E-state index < -0.39 is 6.10 Å². The lowest BCUT2D eigenvalue weighted by atomic mass is 10.2. The predicted octanol–water partition coefficient (Wildman–Crippen LogP) is 0.253. The Hall–Kier alpha value is 0.270. The fourth-order valence-electron chi connectivity index (χ4n) is 0.425. The highest BCUT2D eigenvalue weighted by atomic mass is 32.1. The number of hydrogen-bond acceptors (Lipinski definition) is 2. The van der Waals surface area contributed by atoms with Gasteiger partial charge in [0.1, 0.15) is 0 Å². The Morgan fingerprint density at radius 3 is 2.12 bits per heavy atom. The van der Waals surface area contributed by atoms with Gasteiger partial charge in [0.05, 0.1) is 12.7 Å². The van der Waals surface area contributed by atoms with Crippen LogP contribution in [0.1, 0.15) is 19.8 Å². The van der Waals surface area contributed by atoms with Gasteiger partial charge in [-0.15, -0.1) is 0 Å². The maximum atomic E-state index is 8.61. The molecule has 0 bridgehead atoms. The first-order chi connectivity index (χ1) is 3.31. The van der Waals surface area contributed by atoms with E-state index in [-0.39, 0.29) is 20.1 Å². The van der Waals surface area contributed by atoms with E-state index in [0.717, 1.165) is 6.42 Å². The van der Waals surface area contributed by atoms with Crippen LogP contribution in [0.3, 0.4) is 0 Å². The van der Waals surface area contributed by atoms with Gasteiger partial charge in [0, 0.05) is 0 Å². The summed E-state index contributed by atoms with van der Waals surface area (Å²) in [5.74, 6) is 0. The summed E-state index contributed by atoms with van der Waals surface area (Å²) in [4.78, 5) is 0. The molecular weight excluding hydrogens is 124 g/mol. The highest BCUT2D eigenvalue weighted by Crippen LogP contribution is 1.92. The van der Waals surface area contributed by atoms with Crippen LogP contribution in [0.5, 0.6) is 0 Å². The molecule has 0 aromatic heterocycles. The van der Waals surface area contributed by atoms with Crippen LogP contribution in [0.15, 0.2) is 0 Å². The summed E-state index contributed by atoms with van der Waals surface area (Å²) in [6.07, 6.45) is 1.14. The van der Waals surface area contributed by atoms with Crippen LogP contribution in [-0.2, 0) is 0 Å². The summed E-state index contributed by atoms with van der Waals surface area (Å²) in [6.45, 7) is 1.87. The van der Waals surface area contributed by atoms with Crippen LogP contribution in [0.25, 0.3) is 0 Å². The number of hydrogen-bond donors (Lipinski definition) is 2. The number of aliphatic hydroxyl groups excluding tert-OH is 2. The molecule has 0 rings (SSSR count). The molecule has 0 amide bonds. The summed E-state index contributed by atoms with van der Waals surface area (Å²) in [5, 5.41) is 16.8. The minimum absolute atomic E-state index is 0. The van der Waals surface area contributed by atoms with Crippen LogP contribution in [0, 0.1) is 0 Å². The van der Waals surface area contributed by atoms with E-state index >= 15 is 0 Å². The molecule has 3 heteroatoms. The smallest absolute Gasteiger partial charge is 0.0770 e. The molecule has 52 valence electrons. The zero-order valence-electron chi connectivity index (χ0n) is 5.09. The third-order valence-electron chi connectivity index (χ3n) is 0.833. The minimum Gasteiger partial charge on any atom is -0.394 e. The number of rotatable bonds is 3. The minimum atomic E-state index is -0.495. The third kappa shape index (κ3) is 6.27. The second-order valence-electron chi connectivity index (χ2n) is 1.63. The molecule has 1 atom stereocenters. The first-order valence-electron chi connectivity index (χ1n) is 2.60. The van der Waals surface area contributed by atoms with Crippen molar-refractivity contribution < 1.29 is 10.2 Å². The van der Waals surface area contributed by atoms with Crippen LogP contribution in [-0.4, -0.2) is 22.9 Å². The summed E-state index contributed by atoms with van der Waals surface area (Å²) < 4.78 is 0. The van der Waals surface area contributed by atoms with E-state index in [2.05, 4.69) is 0 Å². The quantitative estimate of drug-likeness (QED) is 0.587. The van der Waals surface area contributed by atoms with Gasteiger partial charge < -0.3 is 10.2 Å². The molecule has 0 spiro atoms. The van der Waals surface area contributed by atoms with Crippen LogP contribution < -0.4 is 0 Å². The summed E-state index contributed by atoms with van der Waals surface area (Å²) in [7, 11) is 0. The van der Waals surface area contributed by atoms with Gasteiger partial charge in [-0.3, -0.25) is 0 Å². The lowest BCUT2D eigenvalue weighted by Crippen LogP contribution is -2.10. The Bertz CT molecular complexity index is 41.4. The average molecular weight is 138 g/mol. The van der Waals surface area contributed by atoms with Gasteiger partial charge in [-0.25, -0.2) is 0 Å². The van der Waals surface area contributed by atoms with Crippen molar-refractivity contribution in [3.63, 3.8) is 0 Å². The van der Waals surface area contributed by atoms with Crippen molar-refractivity contribution in [2.24, 2.45) is 0 Å². The lowest BCUT2D eigenvalue weighted by Gasteiger charge is -2.01. The fourth-order valence-corrected chi connectivity index (χ4v) is 0.425. The van der Waals surface area contributed by atoms with E-state index in [1.165, 1.54) is 0 Å². The standard InChI is InChI=1S/C5H12O2.H2S/c1-2-3-5(7)4-6;/h5-7H,2-4H2,1H3;1H2. The molecular formula is C5H14O2S. The van der Waals surface area contributed by atoms with Crippen molar-refractivity contribution in [2.45, 2.75) is 25.9 Å². The zero-order valence-corrected chi connectivity index (χ0v) is 6.09. The monoisotopic (exact) mass is 138 g/mol. The Labute approximate surface area is 57.0 Å². The van der Waals surface area contributed by atoms with Crippen LogP contribution in [0.2, 0.25) is 0 Å². The predicted molar refractivity (Wildman–Crippen MR) is 38.4 cm³/mol. The number of aliphatic hydroxyl groups is 2. The SMILES string of the molecule is CCCC(O)CO.S. The highest BCUT2D eigenvalue weighted by molar-refractivity contribution is 7.59. The topological polar surface area (TPSA) is 40.5 Å². The molecule has 0 radical (unpaired) electrons. The maximum Gasteiger partial charge on any atom is 0.0770 e. The molecule has 0 fully saturated rings. The Morgan fingerprint density at radius 1 is 1.50 bits per heavy atom. The van der Waals surface area contributed by atoms with E-state index in [9.17, 15) is 0 Å². The second kappa shape index (κ2) is 7.27. The Balaban J connectivity index is 0. The molecule has 0 saturated carbocycles. The largest absolute Gasteiger partial charge is 0.394 e. The first kappa shape index (κ1) is 11.1. The third-order valence-corrected chi connectivity index (χ3v) is 0.833. The van der Waals surface area contributed by atoms with E-state index in [4.69, 9.17) is 10.2 Å². The molecule has 0 aromatic rings. The Morgan fingerprint density at radius 2 is 2.00 bits per heavy atom. The molecule has 0 saturated heterocycles. The first-order valence-corrected chi connectivity index (χ1v) is 2.60. The summed E-state index contributed by atoms with van der Waals surface area (Å²) >= 11 is 0. The normalized spacial score (nSPS) is 12.4. The fraction of sp³-hybridized carbons (Fsp3) is 1.00. The summed E-state index contributed by atoms with van der Waals surface area (Å²) in [6, 6.07) is 0. The van der Waals surface area contributed by atoms with E-state index in [1.807, 2.05) is 6.92 Å². The zero-order chi connectivity index (χ0) is 5.70. The summed E-state index contributed by atoms with van der Waals surface area (Å²) in [5.41, 5.74) is 0. The van der Waals surface area contributed by atoms with E-state index in [0.29, 0.717) is 6.42 Å². The molecule has 0 aliphatic carbocycles. The van der Waals surface area contributed by atoms with Crippen molar-refractivity contribution in [1.82, 2.24) is 0 Å². The second-order valence-corrected chi connectivity index (χ2v) is 1.63. The molecule has 0 aromatic carbocycles. The molecule has 8 heavy (non-hydrogen) atoms. The molecule has 0 aliphatic heterocycles. The van der Waals surface area contributed by atoms with Crippen LogP contribution in [0.4, 0.5) is 0 Å². The van der Waals surface area contributed by atoms with Crippen molar-refractivity contribution >= 4 is 13.5 Å². The molecule has 0 aliphatic rings. The van der Waals surface area contributed by atoms with Gasteiger partial charge in [-0.1, -0.05) is 13.3 Å². The Kier molecular flexibility index (Phi) is 10.1. The van der Waals surface area contributed by atoms with Gasteiger partial charge in [-0.05, 0) is 6.42 Å². The van der Waals surface area contributed by atoms with Gasteiger partial charge in [0.2, 0.25) is 0 Å². The van der Waals surface area contributed by atoms with Gasteiger partial charge in [-0.2, -0.15) is 13.5 Å². The van der Waals surface area contributed by atoms with Crippen molar-refractivity contribution in [2.75, 3.05) is 6.61 Å². The van der Waals surface area contributed by atoms with Crippen molar-refractivity contribution in [1.29, 1.82) is 0 Å². The average Bonchev–Trinajstić information content (AvgIpc) is 1.68. The molecule has 1 unspecified atom stereocenters. The molecule has 0 heterocycles. The van der Waals surface area contributed by atoms with Gasteiger partial charge >= 0.3 is 0 Å². The lowest BCUT2D eigenvalue weighted by molar-refractivity contribution is 0.0877. The van der Waals surface area contributed by atoms with Gasteiger partial charge in [0.15, 0.2) is 0 Å². The molecule has 2 nitrogen and oxygen atoms in total. The van der Waals surface area contributed by atoms with E-state index in [1.54, 1.807) is 0 Å². The van der Waals surface area contributed by atoms with Gasteiger partial charge in [0.25, 0.3) is 0 Å². The molecule has 2 N–H and O–H groups in total. The highest BCUT2D eigenvalue weighted by Gasteiger charge is 1.95. The maximum absolute atomic E-state index is 8.61. The van der Waals surface area contributed by atoms with Crippen molar-refractivity contribution in [3.05, 3.63) is 0 Å². The van der Waals surface area contributed by atoms with Crippen molar-refractivity contribution in [3.8, 4) is 0 Å². The van der Waals surface area contributed by atoms with Crippen LogP contribution >= 0.6 is 13.5 Å².